The van der Waals surface area contributed by atoms with Gasteiger partial charge in [0.05, 0.1) is 11.8 Å². The summed E-state index contributed by atoms with van der Waals surface area (Å²) in [6.45, 7) is 8.20. The van der Waals surface area contributed by atoms with Gasteiger partial charge in [0.15, 0.2) is 5.82 Å². The first-order valence-corrected chi connectivity index (χ1v) is 9.25. The number of aromatic nitrogens is 2. The van der Waals surface area contributed by atoms with Gasteiger partial charge in [-0.2, -0.15) is 0 Å². The van der Waals surface area contributed by atoms with Crippen molar-refractivity contribution in [2.75, 3.05) is 10.6 Å². The average Bonchev–Trinajstić information content (AvgIpc) is 2.63. The normalized spacial score (nSPS) is 10.9. The van der Waals surface area contributed by atoms with E-state index in [1.54, 1.807) is 0 Å². The van der Waals surface area contributed by atoms with Gasteiger partial charge in [0.2, 0.25) is 0 Å². The molecular formula is C22H26N4O. The van der Waals surface area contributed by atoms with Crippen molar-refractivity contribution < 1.29 is 4.74 Å². The van der Waals surface area contributed by atoms with Crippen LogP contribution in [0, 0.1) is 0 Å². The van der Waals surface area contributed by atoms with Gasteiger partial charge in [0.25, 0.3) is 0 Å². The Bertz CT molecular complexity index is 878. The number of hydrogen-bond acceptors (Lipinski definition) is 5. The molecule has 3 rings (SSSR count). The summed E-state index contributed by atoms with van der Waals surface area (Å²) in [4.78, 5) is 9.37. The molecule has 2 N–H and O–H groups in total. The molecule has 0 saturated heterocycles. The molecule has 3 aromatic rings. The molecule has 0 aliphatic heterocycles. The van der Waals surface area contributed by atoms with Crippen LogP contribution in [0.1, 0.15) is 27.7 Å². The summed E-state index contributed by atoms with van der Waals surface area (Å²) in [6, 6.07) is 20.0. The SMILES string of the molecule is CC(C)Nc1cc(Nc2ccccc2OC(C)C)nc(-c2ccccc2)n1. The molecule has 1 aromatic heterocycles. The van der Waals surface area contributed by atoms with Crippen molar-refractivity contribution in [2.45, 2.75) is 39.8 Å². The second-order valence-corrected chi connectivity index (χ2v) is 6.91. The average molecular weight is 362 g/mol. The van der Waals surface area contributed by atoms with E-state index in [-0.39, 0.29) is 12.1 Å². The maximum Gasteiger partial charge on any atom is 0.163 e. The summed E-state index contributed by atoms with van der Waals surface area (Å²) >= 11 is 0. The van der Waals surface area contributed by atoms with E-state index in [0.29, 0.717) is 11.6 Å². The van der Waals surface area contributed by atoms with Crippen LogP contribution in [-0.2, 0) is 0 Å². The molecule has 0 aliphatic carbocycles. The molecule has 0 amide bonds. The number of benzene rings is 2. The van der Waals surface area contributed by atoms with Gasteiger partial charge < -0.3 is 15.4 Å². The Hall–Kier alpha value is -3.08. The summed E-state index contributed by atoms with van der Waals surface area (Å²) in [7, 11) is 0. The fraction of sp³-hybridized carbons (Fsp3) is 0.273. The first-order valence-electron chi connectivity index (χ1n) is 9.25. The molecule has 2 aromatic carbocycles. The van der Waals surface area contributed by atoms with Gasteiger partial charge in [-0.05, 0) is 39.8 Å². The zero-order valence-corrected chi connectivity index (χ0v) is 16.2. The number of ether oxygens (including phenoxy) is 1. The molecular weight excluding hydrogens is 336 g/mol. The quantitative estimate of drug-likeness (QED) is 0.581. The second kappa shape index (κ2) is 8.54. The number of para-hydroxylation sites is 2. The molecule has 0 atom stereocenters. The highest BCUT2D eigenvalue weighted by atomic mass is 16.5. The van der Waals surface area contributed by atoms with Crippen molar-refractivity contribution in [3.8, 4) is 17.1 Å². The summed E-state index contributed by atoms with van der Waals surface area (Å²) in [5.41, 5.74) is 1.85. The van der Waals surface area contributed by atoms with E-state index in [1.807, 2.05) is 74.5 Å². The Morgan fingerprint density at radius 1 is 0.815 bits per heavy atom. The van der Waals surface area contributed by atoms with Gasteiger partial charge in [-0.25, -0.2) is 9.97 Å². The van der Waals surface area contributed by atoms with E-state index in [4.69, 9.17) is 9.72 Å². The third kappa shape index (κ3) is 5.20. The van der Waals surface area contributed by atoms with Crippen LogP contribution >= 0.6 is 0 Å². The van der Waals surface area contributed by atoms with Gasteiger partial charge in [-0.1, -0.05) is 42.5 Å². The minimum Gasteiger partial charge on any atom is -0.489 e. The minimum atomic E-state index is 0.0939. The first-order chi connectivity index (χ1) is 13.0. The topological polar surface area (TPSA) is 59.1 Å². The number of hydrogen-bond donors (Lipinski definition) is 2. The van der Waals surface area contributed by atoms with Crippen molar-refractivity contribution in [1.29, 1.82) is 0 Å². The lowest BCUT2D eigenvalue weighted by Crippen LogP contribution is -2.12. The maximum atomic E-state index is 5.91. The van der Waals surface area contributed by atoms with E-state index in [0.717, 1.165) is 22.8 Å². The van der Waals surface area contributed by atoms with Crippen molar-refractivity contribution in [2.24, 2.45) is 0 Å². The lowest BCUT2D eigenvalue weighted by molar-refractivity contribution is 0.244. The van der Waals surface area contributed by atoms with Gasteiger partial charge in [0, 0.05) is 17.7 Å². The number of nitrogens with one attached hydrogen (secondary N) is 2. The first kappa shape index (κ1) is 18.7. The standard InChI is InChI=1S/C22H26N4O/c1-15(2)23-20-14-21(26-22(25-20)17-10-6-5-7-11-17)24-18-12-8-9-13-19(18)27-16(3)4/h5-16H,1-4H3,(H2,23,24,25,26). The van der Waals surface area contributed by atoms with Crippen molar-refractivity contribution in [1.82, 2.24) is 9.97 Å². The van der Waals surface area contributed by atoms with E-state index in [9.17, 15) is 0 Å². The zero-order valence-electron chi connectivity index (χ0n) is 16.2. The molecule has 5 heteroatoms. The molecule has 0 aliphatic rings. The lowest BCUT2D eigenvalue weighted by atomic mass is 10.2. The summed E-state index contributed by atoms with van der Waals surface area (Å²) in [6.07, 6.45) is 0.0939. The molecule has 0 bridgehead atoms. The van der Waals surface area contributed by atoms with Crippen molar-refractivity contribution in [3.05, 3.63) is 60.7 Å². The molecule has 27 heavy (non-hydrogen) atoms. The molecule has 0 radical (unpaired) electrons. The Balaban J connectivity index is 1.97. The molecule has 0 fully saturated rings. The van der Waals surface area contributed by atoms with E-state index in [2.05, 4.69) is 29.5 Å². The van der Waals surface area contributed by atoms with Gasteiger partial charge >= 0.3 is 0 Å². The lowest BCUT2D eigenvalue weighted by Gasteiger charge is -2.17. The van der Waals surface area contributed by atoms with E-state index in [1.165, 1.54) is 0 Å². The molecule has 0 saturated carbocycles. The Morgan fingerprint density at radius 3 is 2.19 bits per heavy atom. The Morgan fingerprint density at radius 2 is 1.48 bits per heavy atom. The van der Waals surface area contributed by atoms with Crippen LogP contribution in [0.25, 0.3) is 11.4 Å². The van der Waals surface area contributed by atoms with Gasteiger partial charge in [-0.3, -0.25) is 0 Å². The van der Waals surface area contributed by atoms with Crippen molar-refractivity contribution >= 4 is 17.3 Å². The van der Waals surface area contributed by atoms with E-state index >= 15 is 0 Å². The number of rotatable bonds is 7. The van der Waals surface area contributed by atoms with Gasteiger partial charge in [-0.15, -0.1) is 0 Å². The van der Waals surface area contributed by atoms with E-state index < -0.39 is 0 Å². The summed E-state index contributed by atoms with van der Waals surface area (Å²) in [5, 5.41) is 6.75. The number of nitrogens with zero attached hydrogens (tertiary/aromatic N) is 2. The Labute approximate surface area is 160 Å². The highest BCUT2D eigenvalue weighted by Gasteiger charge is 2.11. The third-order valence-corrected chi connectivity index (χ3v) is 3.71. The highest BCUT2D eigenvalue weighted by Crippen LogP contribution is 2.29. The largest absolute Gasteiger partial charge is 0.489 e. The van der Waals surface area contributed by atoms with Crippen LogP contribution in [0.15, 0.2) is 60.7 Å². The minimum absolute atomic E-state index is 0.0939. The molecule has 1 heterocycles. The molecule has 0 unspecified atom stereocenters. The monoisotopic (exact) mass is 362 g/mol. The molecule has 0 spiro atoms. The van der Waals surface area contributed by atoms with Crippen LogP contribution in [0.5, 0.6) is 5.75 Å². The number of anilines is 3. The zero-order chi connectivity index (χ0) is 19.2. The van der Waals surface area contributed by atoms with Gasteiger partial charge in [0.1, 0.15) is 17.4 Å². The Kier molecular flexibility index (Phi) is 5.91. The maximum absolute atomic E-state index is 5.91. The predicted octanol–water partition coefficient (Wildman–Crippen LogP) is 5.49. The summed E-state index contributed by atoms with van der Waals surface area (Å²) in [5.74, 6) is 2.96. The van der Waals surface area contributed by atoms with Crippen molar-refractivity contribution in [3.63, 3.8) is 0 Å². The summed E-state index contributed by atoms with van der Waals surface area (Å²) < 4.78 is 5.91. The van der Waals surface area contributed by atoms with Crippen LogP contribution < -0.4 is 15.4 Å². The second-order valence-electron chi connectivity index (χ2n) is 6.91. The van der Waals surface area contributed by atoms with Crippen LogP contribution in [0.2, 0.25) is 0 Å². The molecule has 140 valence electrons. The fourth-order valence-electron chi connectivity index (χ4n) is 2.66. The van der Waals surface area contributed by atoms with Crippen LogP contribution in [0.4, 0.5) is 17.3 Å². The highest BCUT2D eigenvalue weighted by molar-refractivity contribution is 5.68. The third-order valence-electron chi connectivity index (χ3n) is 3.71. The van der Waals surface area contributed by atoms with Crippen LogP contribution in [0.3, 0.4) is 0 Å². The fourth-order valence-corrected chi connectivity index (χ4v) is 2.66. The predicted molar refractivity (Wildman–Crippen MR) is 112 cm³/mol. The smallest absolute Gasteiger partial charge is 0.163 e. The van der Waals surface area contributed by atoms with Crippen LogP contribution in [-0.4, -0.2) is 22.1 Å². The molecule has 5 nitrogen and oxygen atoms in total.